The number of benzene rings is 1. The summed E-state index contributed by atoms with van der Waals surface area (Å²) in [6.45, 7) is -0.528. The van der Waals surface area contributed by atoms with Crippen molar-refractivity contribution in [3.05, 3.63) is 34.9 Å². The van der Waals surface area contributed by atoms with Crippen LogP contribution in [0.2, 0.25) is 0 Å². The molecule has 0 aliphatic carbocycles. The molecule has 120 valence electrons. The van der Waals surface area contributed by atoms with Crippen molar-refractivity contribution in [2.45, 2.75) is 18.4 Å². The van der Waals surface area contributed by atoms with Crippen LogP contribution in [0, 0.1) is 0 Å². The van der Waals surface area contributed by atoms with Crippen LogP contribution in [0.1, 0.15) is 22.7 Å². The standard InChI is InChI=1S/C12H14F6N2O/c13-11(14,15)8-3-7(10(6-19)20-1-2-21)4-9(5-8)12(16,17)18/h3-5,10,20-21H,1-2,6,19H2. The molecule has 0 saturated carbocycles. The fourth-order valence-electron chi connectivity index (χ4n) is 1.76. The SMILES string of the molecule is NCC(NCCO)c1cc(C(F)(F)F)cc(C(F)(F)F)c1. The number of halogens is 6. The van der Waals surface area contributed by atoms with Crippen LogP contribution < -0.4 is 11.1 Å². The predicted octanol–water partition coefficient (Wildman–Crippen LogP) is 2.31. The number of hydrogen-bond acceptors (Lipinski definition) is 3. The second-order valence-electron chi connectivity index (χ2n) is 4.31. The van der Waals surface area contributed by atoms with Gasteiger partial charge in [0.2, 0.25) is 0 Å². The quantitative estimate of drug-likeness (QED) is 0.731. The molecule has 9 heteroatoms. The van der Waals surface area contributed by atoms with Crippen molar-refractivity contribution in [2.75, 3.05) is 19.7 Å². The van der Waals surface area contributed by atoms with Crippen LogP contribution in [0.4, 0.5) is 26.3 Å². The highest BCUT2D eigenvalue weighted by molar-refractivity contribution is 5.35. The second kappa shape index (κ2) is 6.63. The van der Waals surface area contributed by atoms with E-state index in [0.29, 0.717) is 12.1 Å². The number of aliphatic hydroxyl groups is 1. The average molecular weight is 316 g/mol. The van der Waals surface area contributed by atoms with E-state index in [1.807, 2.05) is 0 Å². The van der Waals surface area contributed by atoms with Crippen molar-refractivity contribution in [1.82, 2.24) is 5.32 Å². The fourth-order valence-corrected chi connectivity index (χ4v) is 1.76. The molecule has 0 radical (unpaired) electrons. The van der Waals surface area contributed by atoms with Crippen molar-refractivity contribution < 1.29 is 31.4 Å². The first-order valence-corrected chi connectivity index (χ1v) is 5.93. The molecule has 1 unspecified atom stereocenters. The van der Waals surface area contributed by atoms with Gasteiger partial charge in [-0.3, -0.25) is 0 Å². The van der Waals surface area contributed by atoms with E-state index in [1.165, 1.54) is 0 Å². The summed E-state index contributed by atoms with van der Waals surface area (Å²) in [6, 6.07) is 0.387. The number of nitrogens with two attached hydrogens (primary N) is 1. The Morgan fingerprint density at radius 1 is 1.00 bits per heavy atom. The van der Waals surface area contributed by atoms with Crippen molar-refractivity contribution in [3.8, 4) is 0 Å². The molecular weight excluding hydrogens is 302 g/mol. The topological polar surface area (TPSA) is 58.3 Å². The van der Waals surface area contributed by atoms with Crippen molar-refractivity contribution >= 4 is 0 Å². The molecular formula is C12H14F6N2O. The molecule has 21 heavy (non-hydrogen) atoms. The van der Waals surface area contributed by atoms with Gasteiger partial charge in [0, 0.05) is 19.1 Å². The van der Waals surface area contributed by atoms with Gasteiger partial charge in [-0.05, 0) is 23.8 Å². The van der Waals surface area contributed by atoms with Gasteiger partial charge < -0.3 is 16.2 Å². The first-order valence-electron chi connectivity index (χ1n) is 5.93. The third-order valence-electron chi connectivity index (χ3n) is 2.75. The van der Waals surface area contributed by atoms with Gasteiger partial charge in [0.1, 0.15) is 0 Å². The van der Waals surface area contributed by atoms with Crippen molar-refractivity contribution in [3.63, 3.8) is 0 Å². The lowest BCUT2D eigenvalue weighted by atomic mass is 9.99. The maximum absolute atomic E-state index is 12.7. The minimum Gasteiger partial charge on any atom is -0.395 e. The number of alkyl halides is 6. The van der Waals surface area contributed by atoms with Crippen LogP contribution in [0.5, 0.6) is 0 Å². The van der Waals surface area contributed by atoms with E-state index in [9.17, 15) is 26.3 Å². The third-order valence-corrected chi connectivity index (χ3v) is 2.75. The highest BCUT2D eigenvalue weighted by Crippen LogP contribution is 2.37. The van der Waals surface area contributed by atoms with E-state index in [4.69, 9.17) is 10.8 Å². The Morgan fingerprint density at radius 3 is 1.81 bits per heavy atom. The minimum atomic E-state index is -4.90. The van der Waals surface area contributed by atoms with Crippen LogP contribution >= 0.6 is 0 Å². The number of aliphatic hydroxyl groups excluding tert-OH is 1. The third kappa shape index (κ3) is 4.87. The molecule has 1 aromatic rings. The molecule has 0 amide bonds. The lowest BCUT2D eigenvalue weighted by Crippen LogP contribution is -2.31. The zero-order valence-corrected chi connectivity index (χ0v) is 10.7. The molecule has 0 fully saturated rings. The summed E-state index contributed by atoms with van der Waals surface area (Å²) in [6.07, 6.45) is -9.79. The summed E-state index contributed by atoms with van der Waals surface area (Å²) < 4.78 is 76.2. The molecule has 1 aromatic carbocycles. The van der Waals surface area contributed by atoms with E-state index in [0.717, 1.165) is 0 Å². The summed E-state index contributed by atoms with van der Waals surface area (Å²) in [5, 5.41) is 11.2. The summed E-state index contributed by atoms with van der Waals surface area (Å²) in [4.78, 5) is 0. The second-order valence-corrected chi connectivity index (χ2v) is 4.31. The zero-order valence-electron chi connectivity index (χ0n) is 10.7. The molecule has 0 heterocycles. The normalized spacial score (nSPS) is 14.3. The molecule has 0 aromatic heterocycles. The summed E-state index contributed by atoms with van der Waals surface area (Å²) >= 11 is 0. The van der Waals surface area contributed by atoms with E-state index in [2.05, 4.69) is 5.32 Å². The number of nitrogens with one attached hydrogen (secondary N) is 1. The molecule has 0 aliphatic heterocycles. The number of hydrogen-bond donors (Lipinski definition) is 3. The van der Waals surface area contributed by atoms with Crippen LogP contribution in [-0.4, -0.2) is 24.8 Å². The van der Waals surface area contributed by atoms with Crippen LogP contribution in [0.25, 0.3) is 0 Å². The Labute approximate surface area is 116 Å². The predicted molar refractivity (Wildman–Crippen MR) is 63.3 cm³/mol. The minimum absolute atomic E-state index is 0.000532. The molecule has 0 spiro atoms. The molecule has 0 saturated heterocycles. The van der Waals surface area contributed by atoms with Gasteiger partial charge in [0.05, 0.1) is 17.7 Å². The summed E-state index contributed by atoms with van der Waals surface area (Å²) in [5.41, 5.74) is 2.34. The van der Waals surface area contributed by atoms with Gasteiger partial charge >= 0.3 is 12.4 Å². The Morgan fingerprint density at radius 2 is 1.48 bits per heavy atom. The molecule has 1 rings (SSSR count). The van der Waals surface area contributed by atoms with Crippen LogP contribution in [0.3, 0.4) is 0 Å². The summed E-state index contributed by atoms with van der Waals surface area (Å²) in [7, 11) is 0. The monoisotopic (exact) mass is 316 g/mol. The Kier molecular flexibility index (Phi) is 5.60. The van der Waals surface area contributed by atoms with Crippen LogP contribution in [0.15, 0.2) is 18.2 Å². The Balaban J connectivity index is 3.30. The highest BCUT2D eigenvalue weighted by atomic mass is 19.4. The smallest absolute Gasteiger partial charge is 0.395 e. The molecule has 0 bridgehead atoms. The van der Waals surface area contributed by atoms with Crippen molar-refractivity contribution in [1.29, 1.82) is 0 Å². The van der Waals surface area contributed by atoms with Crippen molar-refractivity contribution in [2.24, 2.45) is 5.73 Å². The Bertz CT molecular complexity index is 440. The largest absolute Gasteiger partial charge is 0.416 e. The molecule has 4 N–H and O–H groups in total. The Hall–Kier alpha value is -1.32. The zero-order chi connectivity index (χ0) is 16.3. The van der Waals surface area contributed by atoms with Gasteiger partial charge in [-0.15, -0.1) is 0 Å². The van der Waals surface area contributed by atoms with Gasteiger partial charge in [0.25, 0.3) is 0 Å². The fraction of sp³-hybridized carbons (Fsp3) is 0.500. The molecule has 0 aliphatic rings. The summed E-state index contributed by atoms with van der Waals surface area (Å²) in [5.74, 6) is 0. The highest BCUT2D eigenvalue weighted by Gasteiger charge is 2.37. The first kappa shape index (κ1) is 17.7. The number of rotatable bonds is 5. The lowest BCUT2D eigenvalue weighted by molar-refractivity contribution is -0.143. The first-order chi connectivity index (χ1) is 9.59. The molecule has 1 atom stereocenters. The molecule has 3 nitrogen and oxygen atoms in total. The van der Waals surface area contributed by atoms with Gasteiger partial charge in [-0.25, -0.2) is 0 Å². The van der Waals surface area contributed by atoms with Gasteiger partial charge in [-0.2, -0.15) is 26.3 Å². The van der Waals surface area contributed by atoms with Crippen LogP contribution in [-0.2, 0) is 12.4 Å². The van der Waals surface area contributed by atoms with Gasteiger partial charge in [-0.1, -0.05) is 0 Å². The maximum atomic E-state index is 12.7. The van der Waals surface area contributed by atoms with Gasteiger partial charge in [0.15, 0.2) is 0 Å². The van der Waals surface area contributed by atoms with E-state index >= 15 is 0 Å². The average Bonchev–Trinajstić information content (AvgIpc) is 2.37. The lowest BCUT2D eigenvalue weighted by Gasteiger charge is -2.20. The van der Waals surface area contributed by atoms with E-state index in [-0.39, 0.29) is 31.3 Å². The van der Waals surface area contributed by atoms with E-state index < -0.39 is 29.5 Å². The van der Waals surface area contributed by atoms with E-state index in [1.54, 1.807) is 0 Å². The maximum Gasteiger partial charge on any atom is 0.416 e.